The van der Waals surface area contributed by atoms with Gasteiger partial charge in [0, 0.05) is 10.2 Å². The molecule has 5 nitrogen and oxygen atoms in total. The molecule has 1 aromatic heterocycles. The summed E-state index contributed by atoms with van der Waals surface area (Å²) in [6, 6.07) is 14.6. The van der Waals surface area contributed by atoms with Gasteiger partial charge in [0.15, 0.2) is 0 Å². The average Bonchev–Trinajstić information content (AvgIpc) is 3.03. The lowest BCUT2D eigenvalue weighted by atomic mass is 9.96. The summed E-state index contributed by atoms with van der Waals surface area (Å²) in [6.07, 6.45) is 2.17. The second-order valence-corrected chi connectivity index (χ2v) is 6.88. The fraction of sp³-hybridized carbons (Fsp3) is 0.167. The number of aromatic nitrogens is 4. The van der Waals surface area contributed by atoms with Crippen molar-refractivity contribution in [1.82, 2.24) is 20.2 Å². The van der Waals surface area contributed by atoms with Crippen LogP contribution in [0.5, 0.6) is 0 Å². The van der Waals surface area contributed by atoms with Crippen LogP contribution in [0.25, 0.3) is 5.70 Å². The predicted octanol–water partition coefficient (Wildman–Crippen LogP) is 4.11. The van der Waals surface area contributed by atoms with E-state index < -0.39 is 0 Å². The summed E-state index contributed by atoms with van der Waals surface area (Å²) in [4.78, 5) is 0. The first-order valence-electron chi connectivity index (χ1n) is 7.71. The first-order chi connectivity index (χ1) is 11.6. The number of benzene rings is 2. The molecule has 2 aromatic carbocycles. The van der Waals surface area contributed by atoms with Gasteiger partial charge in [-0.2, -0.15) is 4.68 Å². The smallest absolute Gasteiger partial charge is 0.248 e. The summed E-state index contributed by atoms with van der Waals surface area (Å²) in [5.74, 6) is 0.653. The molecule has 120 valence electrons. The highest BCUT2D eigenvalue weighted by molar-refractivity contribution is 9.10. The molecule has 1 N–H and O–H groups in total. The molecule has 3 aromatic rings. The summed E-state index contributed by atoms with van der Waals surface area (Å²) >= 11 is 3.48. The largest absolute Gasteiger partial charge is 0.323 e. The second kappa shape index (κ2) is 5.87. The quantitative estimate of drug-likeness (QED) is 0.725. The van der Waals surface area contributed by atoms with E-state index in [1.165, 1.54) is 16.7 Å². The van der Waals surface area contributed by atoms with Crippen LogP contribution in [0.2, 0.25) is 0 Å². The van der Waals surface area contributed by atoms with Crippen LogP contribution in [0.15, 0.2) is 53.0 Å². The molecule has 0 aliphatic carbocycles. The van der Waals surface area contributed by atoms with E-state index in [4.69, 9.17) is 0 Å². The van der Waals surface area contributed by atoms with Gasteiger partial charge in [0.05, 0.1) is 0 Å². The number of rotatable bonds is 2. The molecule has 0 unspecified atom stereocenters. The van der Waals surface area contributed by atoms with Gasteiger partial charge in [0.25, 0.3) is 0 Å². The zero-order valence-corrected chi connectivity index (χ0v) is 14.9. The fourth-order valence-electron chi connectivity index (χ4n) is 3.03. The Morgan fingerprint density at radius 3 is 2.62 bits per heavy atom. The molecular formula is C18H16BrN5. The van der Waals surface area contributed by atoms with Gasteiger partial charge in [-0.05, 0) is 59.2 Å². The second-order valence-electron chi connectivity index (χ2n) is 5.96. The Morgan fingerprint density at radius 1 is 1.08 bits per heavy atom. The Bertz CT molecular complexity index is 927. The van der Waals surface area contributed by atoms with Crippen LogP contribution in [0.1, 0.15) is 28.3 Å². The Hall–Kier alpha value is -2.47. The number of hydrogen-bond donors (Lipinski definition) is 1. The molecule has 0 amide bonds. The van der Waals surface area contributed by atoms with Crippen molar-refractivity contribution in [1.29, 1.82) is 0 Å². The molecule has 0 saturated carbocycles. The maximum atomic E-state index is 4.16. The molecule has 1 aliphatic rings. The zero-order valence-electron chi connectivity index (χ0n) is 13.4. The van der Waals surface area contributed by atoms with E-state index in [1.807, 2.05) is 16.8 Å². The number of halogens is 1. The molecule has 1 aliphatic heterocycles. The fourth-order valence-corrected chi connectivity index (χ4v) is 3.30. The first kappa shape index (κ1) is 15.1. The predicted molar refractivity (Wildman–Crippen MR) is 97.6 cm³/mol. The molecule has 1 atom stereocenters. The van der Waals surface area contributed by atoms with Crippen molar-refractivity contribution in [3.63, 3.8) is 0 Å². The van der Waals surface area contributed by atoms with Crippen LogP contribution in [0.3, 0.4) is 0 Å². The molecule has 0 spiro atoms. The minimum atomic E-state index is -0.0319. The van der Waals surface area contributed by atoms with E-state index in [0.717, 1.165) is 15.7 Å². The number of tetrazole rings is 1. The summed E-state index contributed by atoms with van der Waals surface area (Å²) in [5, 5.41) is 15.4. The van der Waals surface area contributed by atoms with Crippen molar-refractivity contribution in [2.45, 2.75) is 19.9 Å². The maximum absolute atomic E-state index is 4.16. The molecule has 0 fully saturated rings. The number of fused-ring (bicyclic) bond motifs is 1. The van der Waals surface area contributed by atoms with Crippen LogP contribution < -0.4 is 5.32 Å². The van der Waals surface area contributed by atoms with Gasteiger partial charge < -0.3 is 5.32 Å². The van der Waals surface area contributed by atoms with Gasteiger partial charge in [0.1, 0.15) is 6.04 Å². The number of hydrogen-bond acceptors (Lipinski definition) is 4. The van der Waals surface area contributed by atoms with E-state index in [1.54, 1.807) is 0 Å². The van der Waals surface area contributed by atoms with E-state index in [2.05, 4.69) is 87.0 Å². The standard InChI is InChI=1S/C18H16BrN5/c1-11-3-8-15(12(2)9-11)17-10-16(13-4-6-14(19)7-5-13)20-18-21-22-23-24(17)18/h3-10,17H,1-2H3,(H,20,21,23)/t17-/m0/s1. The molecule has 0 bridgehead atoms. The van der Waals surface area contributed by atoms with Crippen molar-refractivity contribution in [3.8, 4) is 0 Å². The van der Waals surface area contributed by atoms with Gasteiger partial charge in [0.2, 0.25) is 5.95 Å². The average molecular weight is 382 g/mol. The van der Waals surface area contributed by atoms with E-state index in [-0.39, 0.29) is 6.04 Å². The highest BCUT2D eigenvalue weighted by atomic mass is 79.9. The van der Waals surface area contributed by atoms with E-state index >= 15 is 0 Å². The van der Waals surface area contributed by atoms with E-state index in [9.17, 15) is 0 Å². The summed E-state index contributed by atoms with van der Waals surface area (Å²) in [5.41, 5.74) is 5.79. The Kier molecular flexibility index (Phi) is 3.69. The highest BCUT2D eigenvalue weighted by Gasteiger charge is 2.25. The van der Waals surface area contributed by atoms with Gasteiger partial charge >= 0.3 is 0 Å². The Labute approximate surface area is 148 Å². The third kappa shape index (κ3) is 2.63. The van der Waals surface area contributed by atoms with Crippen molar-refractivity contribution >= 4 is 27.6 Å². The molecule has 6 heteroatoms. The van der Waals surface area contributed by atoms with Crippen LogP contribution in [-0.4, -0.2) is 20.2 Å². The third-order valence-electron chi connectivity index (χ3n) is 4.23. The molecule has 24 heavy (non-hydrogen) atoms. The minimum absolute atomic E-state index is 0.0319. The van der Waals surface area contributed by atoms with E-state index in [0.29, 0.717) is 5.95 Å². The summed E-state index contributed by atoms with van der Waals surface area (Å²) in [7, 11) is 0. The monoisotopic (exact) mass is 381 g/mol. The van der Waals surface area contributed by atoms with Crippen molar-refractivity contribution in [3.05, 3.63) is 75.3 Å². The lowest BCUT2D eigenvalue weighted by Gasteiger charge is -2.24. The van der Waals surface area contributed by atoms with Crippen LogP contribution >= 0.6 is 15.9 Å². The molecule has 0 radical (unpaired) electrons. The number of nitrogens with zero attached hydrogens (tertiary/aromatic N) is 4. The van der Waals surface area contributed by atoms with Gasteiger partial charge in [-0.25, -0.2) is 0 Å². The number of nitrogens with one attached hydrogen (secondary N) is 1. The normalized spacial score (nSPS) is 16.3. The van der Waals surface area contributed by atoms with Gasteiger partial charge in [-0.3, -0.25) is 0 Å². The van der Waals surface area contributed by atoms with Crippen LogP contribution in [0.4, 0.5) is 5.95 Å². The minimum Gasteiger partial charge on any atom is -0.323 e. The van der Waals surface area contributed by atoms with Crippen molar-refractivity contribution in [2.24, 2.45) is 0 Å². The Balaban J connectivity index is 1.83. The van der Waals surface area contributed by atoms with Crippen molar-refractivity contribution < 1.29 is 0 Å². The van der Waals surface area contributed by atoms with Crippen LogP contribution in [-0.2, 0) is 0 Å². The zero-order chi connectivity index (χ0) is 16.7. The number of aryl methyl sites for hydroxylation is 2. The number of anilines is 1. The SMILES string of the molecule is Cc1ccc([C@@H]2C=C(c3ccc(Br)cc3)Nc3nnnn32)c(C)c1. The topological polar surface area (TPSA) is 55.6 Å². The molecule has 0 saturated heterocycles. The molecule has 2 heterocycles. The summed E-state index contributed by atoms with van der Waals surface area (Å²) < 4.78 is 2.87. The summed E-state index contributed by atoms with van der Waals surface area (Å²) in [6.45, 7) is 4.23. The molecule has 4 rings (SSSR count). The molecular weight excluding hydrogens is 366 g/mol. The Morgan fingerprint density at radius 2 is 1.88 bits per heavy atom. The van der Waals surface area contributed by atoms with Gasteiger partial charge in [-0.15, -0.1) is 0 Å². The van der Waals surface area contributed by atoms with Crippen molar-refractivity contribution in [2.75, 3.05) is 5.32 Å². The first-order valence-corrected chi connectivity index (χ1v) is 8.51. The van der Waals surface area contributed by atoms with Gasteiger partial charge in [-0.1, -0.05) is 56.9 Å². The number of allylic oxidation sites excluding steroid dienone is 1. The lowest BCUT2D eigenvalue weighted by Crippen LogP contribution is -2.21. The van der Waals surface area contributed by atoms with Crippen LogP contribution in [0, 0.1) is 13.8 Å². The lowest BCUT2D eigenvalue weighted by molar-refractivity contribution is 0.583. The maximum Gasteiger partial charge on any atom is 0.248 e. The third-order valence-corrected chi connectivity index (χ3v) is 4.76. The highest BCUT2D eigenvalue weighted by Crippen LogP contribution is 2.33.